The molecule has 2 aromatic carbocycles. The van der Waals surface area contributed by atoms with Crippen molar-refractivity contribution < 1.29 is 23.7 Å². The molecule has 0 N–H and O–H groups in total. The number of methoxy groups -OCH3 is 1. The molecule has 166 valence electrons. The molecule has 1 fully saturated rings. The Kier molecular flexibility index (Phi) is 4.25. The second-order valence-corrected chi connectivity index (χ2v) is 8.61. The van der Waals surface area contributed by atoms with Crippen LogP contribution in [0.3, 0.4) is 0 Å². The summed E-state index contributed by atoms with van der Waals surface area (Å²) in [5.41, 5.74) is 2.46. The van der Waals surface area contributed by atoms with Crippen LogP contribution in [0.25, 0.3) is 0 Å². The van der Waals surface area contributed by atoms with Gasteiger partial charge in [-0.15, -0.1) is 0 Å². The van der Waals surface area contributed by atoms with Gasteiger partial charge in [0.15, 0.2) is 23.0 Å². The first kappa shape index (κ1) is 19.3. The van der Waals surface area contributed by atoms with Crippen molar-refractivity contribution in [1.29, 1.82) is 0 Å². The van der Waals surface area contributed by atoms with Crippen molar-refractivity contribution in [2.75, 3.05) is 27.0 Å². The van der Waals surface area contributed by atoms with E-state index in [1.165, 1.54) is 0 Å². The number of piperidine rings is 1. The van der Waals surface area contributed by atoms with Crippen molar-refractivity contribution in [2.24, 2.45) is 5.10 Å². The van der Waals surface area contributed by atoms with Crippen LogP contribution in [0.4, 0.5) is 0 Å². The van der Waals surface area contributed by atoms with Crippen molar-refractivity contribution in [2.45, 2.75) is 38.0 Å². The van der Waals surface area contributed by atoms with Crippen LogP contribution in [0.5, 0.6) is 23.0 Å². The number of benzene rings is 2. The molecule has 2 aromatic rings. The van der Waals surface area contributed by atoms with Crippen LogP contribution in [0, 0.1) is 0 Å². The standard InChI is InChI=1S/C24H25N3O5/c1-15(28)26-10-8-24(9-11-26)27-19(17-4-3-5-21(29-2)23(17)32-24)13-18(25-27)16-6-7-20-22(12-16)31-14-30-20/h3-7,12,19H,8-11,13-14H2,1-2H3. The number of fused-ring (bicyclic) bond motifs is 5. The van der Waals surface area contributed by atoms with E-state index in [0.29, 0.717) is 25.9 Å². The van der Waals surface area contributed by atoms with Crippen molar-refractivity contribution >= 4 is 11.6 Å². The second-order valence-electron chi connectivity index (χ2n) is 8.61. The van der Waals surface area contributed by atoms with E-state index in [1.54, 1.807) is 14.0 Å². The molecule has 6 rings (SSSR count). The van der Waals surface area contributed by atoms with Crippen LogP contribution < -0.4 is 18.9 Å². The number of likely N-dealkylation sites (tertiary alicyclic amines) is 1. The van der Waals surface area contributed by atoms with Gasteiger partial charge in [-0.05, 0) is 24.3 Å². The lowest BCUT2D eigenvalue weighted by Crippen LogP contribution is -2.59. The molecular formula is C24H25N3O5. The summed E-state index contributed by atoms with van der Waals surface area (Å²) in [6, 6.07) is 12.0. The average molecular weight is 435 g/mol. The quantitative estimate of drug-likeness (QED) is 0.721. The molecule has 8 nitrogen and oxygen atoms in total. The van der Waals surface area contributed by atoms with Gasteiger partial charge >= 0.3 is 0 Å². The van der Waals surface area contributed by atoms with Crippen molar-refractivity contribution in [3.8, 4) is 23.0 Å². The maximum atomic E-state index is 11.9. The summed E-state index contributed by atoms with van der Waals surface area (Å²) in [5.74, 6) is 3.12. The van der Waals surface area contributed by atoms with E-state index in [4.69, 9.17) is 24.0 Å². The van der Waals surface area contributed by atoms with Gasteiger partial charge < -0.3 is 23.8 Å². The highest BCUT2D eigenvalue weighted by Crippen LogP contribution is 2.53. The highest BCUT2D eigenvalue weighted by molar-refractivity contribution is 6.02. The second kappa shape index (κ2) is 7.05. The Morgan fingerprint density at radius 3 is 2.75 bits per heavy atom. The monoisotopic (exact) mass is 435 g/mol. The molecule has 0 saturated carbocycles. The summed E-state index contributed by atoms with van der Waals surface area (Å²) in [7, 11) is 1.67. The number of amides is 1. The summed E-state index contributed by atoms with van der Waals surface area (Å²) in [4.78, 5) is 13.8. The minimum absolute atomic E-state index is 0.0400. The predicted molar refractivity (Wildman–Crippen MR) is 116 cm³/mol. The molecule has 0 aliphatic carbocycles. The summed E-state index contributed by atoms with van der Waals surface area (Å²) < 4.78 is 23.4. The maximum absolute atomic E-state index is 11.9. The third-order valence-corrected chi connectivity index (χ3v) is 6.90. The Morgan fingerprint density at radius 2 is 1.97 bits per heavy atom. The number of hydrazone groups is 1. The first-order chi connectivity index (χ1) is 15.6. The van der Waals surface area contributed by atoms with Gasteiger partial charge in [0, 0.05) is 50.4 Å². The van der Waals surface area contributed by atoms with Crippen LogP contribution >= 0.6 is 0 Å². The molecule has 1 atom stereocenters. The summed E-state index contributed by atoms with van der Waals surface area (Å²) in [6.45, 7) is 3.14. The van der Waals surface area contributed by atoms with Crippen LogP contribution in [0.15, 0.2) is 41.5 Å². The largest absolute Gasteiger partial charge is 0.493 e. The molecule has 0 aromatic heterocycles. The van der Waals surface area contributed by atoms with Gasteiger partial charge in [0.25, 0.3) is 0 Å². The number of carbonyl (C=O) groups is 1. The predicted octanol–water partition coefficient (Wildman–Crippen LogP) is 3.31. The minimum atomic E-state index is -0.615. The fraction of sp³-hybridized carbons (Fsp3) is 0.417. The van der Waals surface area contributed by atoms with E-state index in [9.17, 15) is 4.79 Å². The smallest absolute Gasteiger partial charge is 0.231 e. The SMILES string of the molecule is COc1cccc2c1OC1(CCN(C(C)=O)CC1)N1N=C(c3ccc4c(c3)OCO4)CC21. The number of hydrogen-bond acceptors (Lipinski definition) is 7. The zero-order chi connectivity index (χ0) is 21.9. The molecule has 4 heterocycles. The van der Waals surface area contributed by atoms with E-state index < -0.39 is 5.72 Å². The Hall–Kier alpha value is -3.42. The number of para-hydroxylation sites is 1. The van der Waals surface area contributed by atoms with E-state index >= 15 is 0 Å². The van der Waals surface area contributed by atoms with E-state index in [-0.39, 0.29) is 18.7 Å². The summed E-state index contributed by atoms with van der Waals surface area (Å²) >= 11 is 0. The molecule has 4 aliphatic rings. The molecule has 4 aliphatic heterocycles. The summed E-state index contributed by atoms with van der Waals surface area (Å²) in [6.07, 6.45) is 2.11. The van der Waals surface area contributed by atoms with Gasteiger partial charge in [0.2, 0.25) is 18.4 Å². The number of nitrogens with zero attached hydrogens (tertiary/aromatic N) is 3. The maximum Gasteiger partial charge on any atom is 0.231 e. The van der Waals surface area contributed by atoms with Crippen molar-refractivity contribution in [1.82, 2.24) is 9.91 Å². The van der Waals surface area contributed by atoms with Gasteiger partial charge in [-0.3, -0.25) is 4.79 Å². The first-order valence-corrected chi connectivity index (χ1v) is 11.0. The molecular weight excluding hydrogens is 410 g/mol. The molecule has 0 bridgehead atoms. The molecule has 1 spiro atoms. The highest BCUT2D eigenvalue weighted by Gasteiger charge is 2.52. The van der Waals surface area contributed by atoms with Crippen LogP contribution in [0.2, 0.25) is 0 Å². The lowest BCUT2D eigenvalue weighted by molar-refractivity contribution is -0.159. The normalized spacial score (nSPS) is 22.2. The topological polar surface area (TPSA) is 72.8 Å². The zero-order valence-corrected chi connectivity index (χ0v) is 18.2. The zero-order valence-electron chi connectivity index (χ0n) is 18.2. The Morgan fingerprint density at radius 1 is 1.16 bits per heavy atom. The van der Waals surface area contributed by atoms with Crippen LogP contribution in [-0.2, 0) is 4.79 Å². The Bertz CT molecular complexity index is 1120. The number of rotatable bonds is 2. The Labute approximate surface area is 186 Å². The van der Waals surface area contributed by atoms with Gasteiger partial charge in [-0.25, -0.2) is 5.01 Å². The van der Waals surface area contributed by atoms with Crippen molar-refractivity contribution in [3.63, 3.8) is 0 Å². The fourth-order valence-electron chi connectivity index (χ4n) is 5.18. The molecule has 1 saturated heterocycles. The lowest BCUT2D eigenvalue weighted by Gasteiger charge is -2.51. The van der Waals surface area contributed by atoms with Crippen molar-refractivity contribution in [3.05, 3.63) is 47.5 Å². The third kappa shape index (κ3) is 2.82. The summed E-state index contributed by atoms with van der Waals surface area (Å²) in [5, 5.41) is 7.22. The number of ether oxygens (including phenoxy) is 4. The van der Waals surface area contributed by atoms with E-state index in [0.717, 1.165) is 46.3 Å². The van der Waals surface area contributed by atoms with Gasteiger partial charge in [-0.2, -0.15) is 5.10 Å². The molecule has 8 heteroatoms. The molecule has 32 heavy (non-hydrogen) atoms. The van der Waals surface area contributed by atoms with Gasteiger partial charge in [0.1, 0.15) is 0 Å². The highest BCUT2D eigenvalue weighted by atomic mass is 16.7. The first-order valence-electron chi connectivity index (χ1n) is 11.0. The number of carbonyl (C=O) groups excluding carboxylic acids is 1. The van der Waals surface area contributed by atoms with E-state index in [2.05, 4.69) is 11.1 Å². The number of hydrogen-bond donors (Lipinski definition) is 0. The van der Waals surface area contributed by atoms with Gasteiger partial charge in [0.05, 0.1) is 18.9 Å². The van der Waals surface area contributed by atoms with Crippen LogP contribution in [-0.4, -0.2) is 54.2 Å². The average Bonchev–Trinajstić information content (AvgIpc) is 3.47. The molecule has 1 amide bonds. The third-order valence-electron chi connectivity index (χ3n) is 6.90. The molecule has 0 radical (unpaired) electrons. The van der Waals surface area contributed by atoms with Gasteiger partial charge in [-0.1, -0.05) is 12.1 Å². The Balaban J connectivity index is 1.41. The molecule has 1 unspecified atom stereocenters. The van der Waals surface area contributed by atoms with E-state index in [1.807, 2.05) is 35.2 Å². The minimum Gasteiger partial charge on any atom is -0.493 e. The van der Waals surface area contributed by atoms with Crippen LogP contribution in [0.1, 0.15) is 43.4 Å². The fourth-order valence-corrected chi connectivity index (χ4v) is 5.18. The lowest BCUT2D eigenvalue weighted by atomic mass is 9.90.